The summed E-state index contributed by atoms with van der Waals surface area (Å²) in [7, 11) is 0. The minimum atomic E-state index is 0.124. The maximum Gasteiger partial charge on any atom is 0.123 e. The SMILES string of the molecule is CCC(CS)COc1ccccc1C(C)(C)C. The van der Waals surface area contributed by atoms with Crippen LogP contribution in [0, 0.1) is 5.92 Å². The Labute approximate surface area is 111 Å². The molecule has 1 atom stereocenters. The van der Waals surface area contributed by atoms with Gasteiger partial charge in [0.25, 0.3) is 0 Å². The second-order valence-corrected chi connectivity index (χ2v) is 5.88. The van der Waals surface area contributed by atoms with Crippen LogP contribution in [0.5, 0.6) is 5.75 Å². The standard InChI is InChI=1S/C15H24OS/c1-5-12(11-17)10-16-14-9-7-6-8-13(14)15(2,3)4/h6-9,12,17H,5,10-11H2,1-4H3. The summed E-state index contributed by atoms with van der Waals surface area (Å²) < 4.78 is 5.96. The van der Waals surface area contributed by atoms with Gasteiger partial charge in [-0.25, -0.2) is 0 Å². The number of rotatable bonds is 5. The predicted molar refractivity (Wildman–Crippen MR) is 78.3 cm³/mol. The van der Waals surface area contributed by atoms with E-state index in [0.29, 0.717) is 5.92 Å². The second-order valence-electron chi connectivity index (χ2n) is 5.51. The van der Waals surface area contributed by atoms with Gasteiger partial charge in [0, 0.05) is 5.92 Å². The molecular formula is C15H24OS. The van der Waals surface area contributed by atoms with E-state index in [2.05, 4.69) is 58.5 Å². The molecule has 0 heterocycles. The molecular weight excluding hydrogens is 228 g/mol. The largest absolute Gasteiger partial charge is 0.493 e. The molecule has 0 saturated carbocycles. The van der Waals surface area contributed by atoms with E-state index in [4.69, 9.17) is 4.74 Å². The first-order valence-corrected chi connectivity index (χ1v) is 6.95. The van der Waals surface area contributed by atoms with Crippen molar-refractivity contribution in [3.63, 3.8) is 0 Å². The molecule has 1 unspecified atom stereocenters. The zero-order valence-electron chi connectivity index (χ0n) is 11.4. The number of thiol groups is 1. The fraction of sp³-hybridized carbons (Fsp3) is 0.600. The molecule has 0 radical (unpaired) electrons. The summed E-state index contributed by atoms with van der Waals surface area (Å²) in [6.07, 6.45) is 1.11. The van der Waals surface area contributed by atoms with E-state index >= 15 is 0 Å². The Kier molecular flexibility index (Phi) is 5.38. The lowest BCUT2D eigenvalue weighted by molar-refractivity contribution is 0.254. The quantitative estimate of drug-likeness (QED) is 0.768. The lowest BCUT2D eigenvalue weighted by atomic mass is 9.86. The van der Waals surface area contributed by atoms with Crippen LogP contribution in [0.3, 0.4) is 0 Å². The number of para-hydroxylation sites is 1. The molecule has 0 bridgehead atoms. The molecule has 1 nitrogen and oxygen atoms in total. The monoisotopic (exact) mass is 252 g/mol. The van der Waals surface area contributed by atoms with Crippen LogP contribution in [0.1, 0.15) is 39.7 Å². The summed E-state index contributed by atoms with van der Waals surface area (Å²) in [4.78, 5) is 0. The minimum absolute atomic E-state index is 0.124. The Morgan fingerprint density at radius 3 is 2.41 bits per heavy atom. The molecule has 0 aliphatic heterocycles. The fourth-order valence-corrected chi connectivity index (χ4v) is 2.08. The molecule has 0 aliphatic carbocycles. The first-order chi connectivity index (χ1) is 7.99. The topological polar surface area (TPSA) is 9.23 Å². The van der Waals surface area contributed by atoms with Crippen LogP contribution in [-0.4, -0.2) is 12.4 Å². The average Bonchev–Trinajstić information content (AvgIpc) is 2.29. The van der Waals surface area contributed by atoms with Crippen LogP contribution in [0.2, 0.25) is 0 Å². The highest BCUT2D eigenvalue weighted by atomic mass is 32.1. The Balaban J connectivity index is 2.77. The number of ether oxygens (including phenoxy) is 1. The summed E-state index contributed by atoms with van der Waals surface area (Å²) >= 11 is 4.34. The molecule has 1 aromatic carbocycles. The first-order valence-electron chi connectivity index (χ1n) is 6.32. The third kappa shape index (κ3) is 4.27. The maximum absolute atomic E-state index is 5.96. The van der Waals surface area contributed by atoms with Crippen molar-refractivity contribution in [2.45, 2.75) is 39.5 Å². The fourth-order valence-electron chi connectivity index (χ4n) is 1.72. The highest BCUT2D eigenvalue weighted by molar-refractivity contribution is 7.80. The maximum atomic E-state index is 5.96. The molecule has 17 heavy (non-hydrogen) atoms. The van der Waals surface area contributed by atoms with E-state index in [9.17, 15) is 0 Å². The van der Waals surface area contributed by atoms with Gasteiger partial charge in [0.05, 0.1) is 6.61 Å². The van der Waals surface area contributed by atoms with E-state index < -0.39 is 0 Å². The Bertz CT molecular complexity index is 337. The van der Waals surface area contributed by atoms with Crippen molar-refractivity contribution in [2.75, 3.05) is 12.4 Å². The highest BCUT2D eigenvalue weighted by Gasteiger charge is 2.18. The molecule has 0 saturated heterocycles. The highest BCUT2D eigenvalue weighted by Crippen LogP contribution is 2.31. The molecule has 0 aliphatic rings. The zero-order chi connectivity index (χ0) is 12.9. The van der Waals surface area contributed by atoms with Gasteiger partial charge in [-0.15, -0.1) is 0 Å². The van der Waals surface area contributed by atoms with Crippen molar-refractivity contribution < 1.29 is 4.74 Å². The van der Waals surface area contributed by atoms with Crippen LogP contribution in [0.4, 0.5) is 0 Å². The number of hydrogen-bond acceptors (Lipinski definition) is 2. The average molecular weight is 252 g/mol. The molecule has 0 amide bonds. The van der Waals surface area contributed by atoms with Crippen molar-refractivity contribution in [3.05, 3.63) is 29.8 Å². The summed E-state index contributed by atoms with van der Waals surface area (Å²) in [6.45, 7) is 9.58. The predicted octanol–water partition coefficient (Wildman–Crippen LogP) is 4.32. The van der Waals surface area contributed by atoms with E-state index in [-0.39, 0.29) is 5.41 Å². The molecule has 1 aromatic rings. The zero-order valence-corrected chi connectivity index (χ0v) is 12.3. The molecule has 0 spiro atoms. The van der Waals surface area contributed by atoms with Crippen LogP contribution >= 0.6 is 12.6 Å². The van der Waals surface area contributed by atoms with E-state index in [0.717, 1.165) is 24.5 Å². The van der Waals surface area contributed by atoms with Gasteiger partial charge in [-0.05, 0) is 29.2 Å². The van der Waals surface area contributed by atoms with E-state index in [1.807, 2.05) is 6.07 Å². The lowest BCUT2D eigenvalue weighted by Crippen LogP contribution is -2.17. The normalized spacial score (nSPS) is 13.5. The summed E-state index contributed by atoms with van der Waals surface area (Å²) in [5.41, 5.74) is 1.40. The van der Waals surface area contributed by atoms with Crippen LogP contribution in [0.15, 0.2) is 24.3 Å². The first kappa shape index (κ1) is 14.4. The molecule has 0 fully saturated rings. The van der Waals surface area contributed by atoms with E-state index in [1.165, 1.54) is 5.56 Å². The molecule has 1 rings (SSSR count). The van der Waals surface area contributed by atoms with Gasteiger partial charge in [-0.1, -0.05) is 45.9 Å². The number of benzene rings is 1. The van der Waals surface area contributed by atoms with Crippen molar-refractivity contribution >= 4 is 12.6 Å². The third-order valence-electron chi connectivity index (χ3n) is 3.01. The van der Waals surface area contributed by atoms with Crippen molar-refractivity contribution in [2.24, 2.45) is 5.92 Å². The van der Waals surface area contributed by atoms with Gasteiger partial charge in [-0.2, -0.15) is 12.6 Å². The molecule has 0 N–H and O–H groups in total. The van der Waals surface area contributed by atoms with Gasteiger partial charge in [0.2, 0.25) is 0 Å². The lowest BCUT2D eigenvalue weighted by Gasteiger charge is -2.23. The summed E-state index contributed by atoms with van der Waals surface area (Å²) in [6, 6.07) is 8.32. The van der Waals surface area contributed by atoms with Gasteiger partial charge >= 0.3 is 0 Å². The Morgan fingerprint density at radius 2 is 1.88 bits per heavy atom. The van der Waals surface area contributed by atoms with Crippen LogP contribution in [0.25, 0.3) is 0 Å². The van der Waals surface area contributed by atoms with E-state index in [1.54, 1.807) is 0 Å². The second kappa shape index (κ2) is 6.34. The van der Waals surface area contributed by atoms with Gasteiger partial charge < -0.3 is 4.74 Å². The Hall–Kier alpha value is -0.630. The van der Waals surface area contributed by atoms with Crippen molar-refractivity contribution in [1.29, 1.82) is 0 Å². The van der Waals surface area contributed by atoms with Gasteiger partial charge in [0.1, 0.15) is 5.75 Å². The van der Waals surface area contributed by atoms with Crippen LogP contribution in [-0.2, 0) is 5.41 Å². The summed E-state index contributed by atoms with van der Waals surface area (Å²) in [5, 5.41) is 0. The van der Waals surface area contributed by atoms with Crippen molar-refractivity contribution in [1.82, 2.24) is 0 Å². The smallest absolute Gasteiger partial charge is 0.123 e. The van der Waals surface area contributed by atoms with Gasteiger partial charge in [-0.3, -0.25) is 0 Å². The molecule has 0 aromatic heterocycles. The molecule has 96 valence electrons. The third-order valence-corrected chi connectivity index (χ3v) is 3.52. The summed E-state index contributed by atoms with van der Waals surface area (Å²) in [5.74, 6) is 2.43. The number of hydrogen-bond donors (Lipinski definition) is 1. The molecule has 2 heteroatoms. The minimum Gasteiger partial charge on any atom is -0.493 e. The Morgan fingerprint density at radius 1 is 1.24 bits per heavy atom. The van der Waals surface area contributed by atoms with Gasteiger partial charge in [0.15, 0.2) is 0 Å². The van der Waals surface area contributed by atoms with Crippen molar-refractivity contribution in [3.8, 4) is 5.75 Å². The van der Waals surface area contributed by atoms with Crippen LogP contribution < -0.4 is 4.74 Å².